The van der Waals surface area contributed by atoms with Crippen molar-refractivity contribution < 1.29 is 0 Å². The van der Waals surface area contributed by atoms with E-state index in [1.54, 1.807) is 0 Å². The maximum absolute atomic E-state index is 3.72. The fourth-order valence-corrected chi connectivity index (χ4v) is 1.60. The third kappa shape index (κ3) is 13.2. The summed E-state index contributed by atoms with van der Waals surface area (Å²) in [5.74, 6) is 0. The second-order valence-electron chi connectivity index (χ2n) is 4.21. The van der Waals surface area contributed by atoms with Crippen LogP contribution in [0.2, 0.25) is 0 Å². The Morgan fingerprint density at radius 3 is 1.81 bits per heavy atom. The van der Waals surface area contributed by atoms with Crippen LogP contribution in [0, 0.1) is 0 Å². The molecule has 0 radical (unpaired) electrons. The largest absolute Gasteiger partial charge is 0.103 e. The molecule has 0 aliphatic carbocycles. The summed E-state index contributed by atoms with van der Waals surface area (Å²) in [6, 6.07) is 0. The maximum atomic E-state index is 3.72. The lowest BCUT2D eigenvalue weighted by Gasteiger charge is -1.95. The molecule has 0 saturated heterocycles. The van der Waals surface area contributed by atoms with Crippen LogP contribution in [0.3, 0.4) is 0 Å². The van der Waals surface area contributed by atoms with Gasteiger partial charge >= 0.3 is 0 Å². The first-order valence-corrected chi connectivity index (χ1v) is 6.82. The Labute approximate surface area is 102 Å². The molecule has 0 aliphatic rings. The molecule has 0 unspecified atom stereocenters. The normalized spacial score (nSPS) is 11.6. The third-order valence-corrected chi connectivity index (χ3v) is 2.59. The van der Waals surface area contributed by atoms with Gasteiger partial charge in [-0.1, -0.05) is 43.7 Å². The number of allylic oxidation sites excluding steroid dienone is 5. The van der Waals surface area contributed by atoms with Crippen molar-refractivity contribution in [2.75, 3.05) is 0 Å². The van der Waals surface area contributed by atoms with Crippen molar-refractivity contribution in [3.05, 3.63) is 37.0 Å². The summed E-state index contributed by atoms with van der Waals surface area (Å²) >= 11 is 0. The van der Waals surface area contributed by atoms with Crippen LogP contribution in [-0.2, 0) is 0 Å². The quantitative estimate of drug-likeness (QED) is 0.304. The third-order valence-electron chi connectivity index (χ3n) is 2.59. The fraction of sp³-hybridized carbons (Fsp3) is 0.625. The molecule has 0 aromatic carbocycles. The summed E-state index contributed by atoms with van der Waals surface area (Å²) in [6.45, 7) is 5.91. The Bertz CT molecular complexity index is 186. The van der Waals surface area contributed by atoms with Gasteiger partial charge < -0.3 is 0 Å². The number of hydrogen-bond donors (Lipinski definition) is 0. The SMILES string of the molecule is C=CCCCC=CCCCCCC=CCC. The van der Waals surface area contributed by atoms with Gasteiger partial charge in [0.2, 0.25) is 0 Å². The number of unbranched alkanes of at least 4 members (excludes halogenated alkanes) is 6. The van der Waals surface area contributed by atoms with Gasteiger partial charge in [0.15, 0.2) is 0 Å². The highest BCUT2D eigenvalue weighted by Crippen LogP contribution is 2.05. The van der Waals surface area contributed by atoms with Gasteiger partial charge in [-0.15, -0.1) is 6.58 Å². The van der Waals surface area contributed by atoms with Crippen molar-refractivity contribution in [1.29, 1.82) is 0 Å². The first-order valence-electron chi connectivity index (χ1n) is 6.82. The molecule has 16 heavy (non-hydrogen) atoms. The average molecular weight is 220 g/mol. The van der Waals surface area contributed by atoms with E-state index in [9.17, 15) is 0 Å². The minimum Gasteiger partial charge on any atom is -0.103 e. The highest BCUT2D eigenvalue weighted by Gasteiger charge is 1.85. The van der Waals surface area contributed by atoms with E-state index in [-0.39, 0.29) is 0 Å². The Balaban J connectivity index is 3.08. The van der Waals surface area contributed by atoms with Crippen LogP contribution in [0.4, 0.5) is 0 Å². The van der Waals surface area contributed by atoms with Crippen LogP contribution in [-0.4, -0.2) is 0 Å². The maximum Gasteiger partial charge on any atom is -0.0348 e. The zero-order valence-electron chi connectivity index (χ0n) is 11.0. The molecule has 0 aromatic heterocycles. The summed E-state index contributed by atoms with van der Waals surface area (Å²) in [5.41, 5.74) is 0. The van der Waals surface area contributed by atoms with Gasteiger partial charge in [0, 0.05) is 0 Å². The topological polar surface area (TPSA) is 0 Å². The minimum atomic E-state index is 1.15. The van der Waals surface area contributed by atoms with Gasteiger partial charge in [0.1, 0.15) is 0 Å². The lowest BCUT2D eigenvalue weighted by Crippen LogP contribution is -1.75. The number of hydrogen-bond acceptors (Lipinski definition) is 0. The molecule has 92 valence electrons. The Hall–Kier alpha value is -0.780. The summed E-state index contributed by atoms with van der Waals surface area (Å²) in [6.07, 6.45) is 22.6. The molecule has 0 heteroatoms. The van der Waals surface area contributed by atoms with Crippen LogP contribution in [0.5, 0.6) is 0 Å². The predicted molar refractivity (Wildman–Crippen MR) is 75.7 cm³/mol. The highest BCUT2D eigenvalue weighted by atomic mass is 13.9. The van der Waals surface area contributed by atoms with Gasteiger partial charge in [0.05, 0.1) is 0 Å². The van der Waals surface area contributed by atoms with E-state index in [1.165, 1.54) is 51.4 Å². The van der Waals surface area contributed by atoms with Gasteiger partial charge in [-0.05, 0) is 51.4 Å². The zero-order valence-corrected chi connectivity index (χ0v) is 11.0. The molecule has 0 nitrogen and oxygen atoms in total. The summed E-state index contributed by atoms with van der Waals surface area (Å²) in [5, 5.41) is 0. The molecule has 0 spiro atoms. The minimum absolute atomic E-state index is 1.15. The molecule has 0 saturated carbocycles. The van der Waals surface area contributed by atoms with Crippen LogP contribution in [0.25, 0.3) is 0 Å². The molecular formula is C16H28. The molecule has 0 N–H and O–H groups in total. The molecule has 0 aliphatic heterocycles. The van der Waals surface area contributed by atoms with Crippen molar-refractivity contribution in [3.8, 4) is 0 Å². The van der Waals surface area contributed by atoms with Crippen molar-refractivity contribution in [3.63, 3.8) is 0 Å². The van der Waals surface area contributed by atoms with E-state index in [0.717, 1.165) is 6.42 Å². The lowest BCUT2D eigenvalue weighted by atomic mass is 10.1. The van der Waals surface area contributed by atoms with E-state index in [4.69, 9.17) is 0 Å². The van der Waals surface area contributed by atoms with E-state index in [2.05, 4.69) is 37.8 Å². The monoisotopic (exact) mass is 220 g/mol. The average Bonchev–Trinajstić information content (AvgIpc) is 2.31. The van der Waals surface area contributed by atoms with E-state index >= 15 is 0 Å². The standard InChI is InChI=1S/C16H28/c1-3-5-7-9-11-13-15-16-14-12-10-8-6-4-2/h3,6,8,11,13H,1,4-5,7,9-10,12,14-16H2,2H3. The van der Waals surface area contributed by atoms with Crippen LogP contribution >= 0.6 is 0 Å². The zero-order chi connectivity index (χ0) is 11.9. The Kier molecular flexibility index (Phi) is 13.5. The number of rotatable bonds is 11. The predicted octanol–water partition coefficient (Wildman–Crippen LogP) is 5.82. The first kappa shape index (κ1) is 15.2. The lowest BCUT2D eigenvalue weighted by molar-refractivity contribution is 0.694. The summed E-state index contributed by atoms with van der Waals surface area (Å²) in [7, 11) is 0. The summed E-state index contributed by atoms with van der Waals surface area (Å²) < 4.78 is 0. The van der Waals surface area contributed by atoms with E-state index in [0.29, 0.717) is 0 Å². The van der Waals surface area contributed by atoms with E-state index < -0.39 is 0 Å². The van der Waals surface area contributed by atoms with Gasteiger partial charge in [0.25, 0.3) is 0 Å². The smallest absolute Gasteiger partial charge is 0.0348 e. The van der Waals surface area contributed by atoms with Gasteiger partial charge in [-0.2, -0.15) is 0 Å². The molecule has 0 amide bonds. The Morgan fingerprint density at radius 1 is 0.688 bits per heavy atom. The van der Waals surface area contributed by atoms with Gasteiger partial charge in [-0.25, -0.2) is 0 Å². The van der Waals surface area contributed by atoms with Crippen LogP contribution in [0.15, 0.2) is 37.0 Å². The second-order valence-corrected chi connectivity index (χ2v) is 4.21. The molecule has 0 atom stereocenters. The molecule has 0 heterocycles. The van der Waals surface area contributed by atoms with Crippen LogP contribution < -0.4 is 0 Å². The highest BCUT2D eigenvalue weighted by molar-refractivity contribution is 4.83. The molecule has 0 aromatic rings. The van der Waals surface area contributed by atoms with Gasteiger partial charge in [-0.3, -0.25) is 0 Å². The molecule has 0 rings (SSSR count). The second kappa shape index (κ2) is 14.2. The summed E-state index contributed by atoms with van der Waals surface area (Å²) in [4.78, 5) is 0. The molecular weight excluding hydrogens is 192 g/mol. The van der Waals surface area contributed by atoms with Crippen molar-refractivity contribution in [1.82, 2.24) is 0 Å². The molecule has 0 bridgehead atoms. The first-order chi connectivity index (χ1) is 7.91. The van der Waals surface area contributed by atoms with Crippen molar-refractivity contribution in [2.24, 2.45) is 0 Å². The Morgan fingerprint density at radius 2 is 1.25 bits per heavy atom. The van der Waals surface area contributed by atoms with E-state index in [1.807, 2.05) is 6.08 Å². The van der Waals surface area contributed by atoms with Crippen molar-refractivity contribution in [2.45, 2.75) is 64.7 Å². The fourth-order valence-electron chi connectivity index (χ4n) is 1.60. The van der Waals surface area contributed by atoms with Crippen LogP contribution in [0.1, 0.15) is 64.7 Å². The van der Waals surface area contributed by atoms with Crippen molar-refractivity contribution >= 4 is 0 Å². The molecule has 0 fully saturated rings.